The fourth-order valence-corrected chi connectivity index (χ4v) is 3.05. The number of pyridine rings is 2. The predicted molar refractivity (Wildman–Crippen MR) is 94.9 cm³/mol. The van der Waals surface area contributed by atoms with Gasteiger partial charge < -0.3 is 9.72 Å². The number of nitrogens with one attached hydrogen (secondary N) is 1. The summed E-state index contributed by atoms with van der Waals surface area (Å²) in [6.07, 6.45) is 3.48. The van der Waals surface area contributed by atoms with Gasteiger partial charge in [0, 0.05) is 35.5 Å². The molecule has 6 heteroatoms. The summed E-state index contributed by atoms with van der Waals surface area (Å²) < 4.78 is 5.15. The minimum absolute atomic E-state index is 0.0975. The van der Waals surface area contributed by atoms with Crippen molar-refractivity contribution in [3.63, 3.8) is 0 Å². The van der Waals surface area contributed by atoms with Crippen molar-refractivity contribution in [2.75, 3.05) is 11.4 Å². The highest BCUT2D eigenvalue weighted by molar-refractivity contribution is 5.89. The van der Waals surface area contributed by atoms with Crippen molar-refractivity contribution in [3.05, 3.63) is 70.3 Å². The first-order chi connectivity index (χ1) is 12.1. The van der Waals surface area contributed by atoms with Crippen molar-refractivity contribution in [1.82, 2.24) is 9.97 Å². The average Bonchev–Trinajstić information content (AvgIpc) is 2.94. The van der Waals surface area contributed by atoms with Crippen LogP contribution in [0.3, 0.4) is 0 Å². The lowest BCUT2D eigenvalue weighted by molar-refractivity contribution is 0.150. The van der Waals surface area contributed by atoms with Crippen LogP contribution in [0.1, 0.15) is 18.1 Å². The Labute approximate surface area is 144 Å². The van der Waals surface area contributed by atoms with Crippen molar-refractivity contribution < 1.29 is 9.53 Å². The highest BCUT2D eigenvalue weighted by Gasteiger charge is 2.29. The second-order valence-electron chi connectivity index (χ2n) is 6.23. The number of aromatic amines is 1. The minimum Gasteiger partial charge on any atom is -0.444 e. The second-order valence-corrected chi connectivity index (χ2v) is 6.23. The van der Waals surface area contributed by atoms with Gasteiger partial charge in [0.15, 0.2) is 0 Å². The minimum atomic E-state index is -0.321. The molecule has 0 aliphatic carbocycles. The van der Waals surface area contributed by atoms with E-state index in [1.807, 2.05) is 37.3 Å². The number of amides is 1. The average molecular weight is 335 g/mol. The molecule has 1 aliphatic heterocycles. The van der Waals surface area contributed by atoms with Crippen molar-refractivity contribution in [3.8, 4) is 0 Å². The summed E-state index contributed by atoms with van der Waals surface area (Å²) in [6, 6.07) is 11.3. The number of carbonyl (C=O) groups excluding carboxylic acids is 1. The van der Waals surface area contributed by atoms with E-state index < -0.39 is 0 Å². The van der Waals surface area contributed by atoms with Gasteiger partial charge in [-0.05, 0) is 36.8 Å². The van der Waals surface area contributed by atoms with Gasteiger partial charge in [-0.2, -0.15) is 0 Å². The molecular weight excluding hydrogens is 318 g/mol. The molecule has 1 saturated heterocycles. The SMILES string of the molecule is C[C@H]1CN(c2ccc(Cc3cc4cnccc4[nH]c3=O)cc2)C(=O)O1. The Morgan fingerprint density at radius 2 is 2.04 bits per heavy atom. The molecule has 3 heterocycles. The topological polar surface area (TPSA) is 75.3 Å². The zero-order valence-corrected chi connectivity index (χ0v) is 13.7. The van der Waals surface area contributed by atoms with Crippen LogP contribution in [0.2, 0.25) is 0 Å². The third kappa shape index (κ3) is 2.98. The van der Waals surface area contributed by atoms with E-state index in [-0.39, 0.29) is 17.8 Å². The van der Waals surface area contributed by atoms with Crippen LogP contribution >= 0.6 is 0 Å². The standard InChI is InChI=1S/C19H17N3O3/c1-12-11-22(19(24)25-12)16-4-2-13(3-5-16)8-14-9-15-10-20-7-6-17(15)21-18(14)23/h2-7,9-10,12H,8,11H2,1H3,(H,21,23)/t12-/m0/s1. The summed E-state index contributed by atoms with van der Waals surface area (Å²) in [7, 11) is 0. The highest BCUT2D eigenvalue weighted by Crippen LogP contribution is 2.22. The van der Waals surface area contributed by atoms with Gasteiger partial charge in [-0.3, -0.25) is 14.7 Å². The first-order valence-corrected chi connectivity index (χ1v) is 8.13. The molecule has 1 aromatic carbocycles. The molecule has 3 aromatic rings. The van der Waals surface area contributed by atoms with Crippen molar-refractivity contribution >= 4 is 22.7 Å². The van der Waals surface area contributed by atoms with Crippen LogP contribution < -0.4 is 10.5 Å². The normalized spacial score (nSPS) is 17.1. The first kappa shape index (κ1) is 15.4. The van der Waals surface area contributed by atoms with Gasteiger partial charge in [-0.1, -0.05) is 12.1 Å². The monoisotopic (exact) mass is 335 g/mol. The van der Waals surface area contributed by atoms with Gasteiger partial charge in [0.25, 0.3) is 5.56 Å². The van der Waals surface area contributed by atoms with E-state index >= 15 is 0 Å². The Hall–Kier alpha value is -3.15. The Bertz CT molecular complexity index is 995. The molecule has 1 N–H and O–H groups in total. The van der Waals surface area contributed by atoms with Crippen molar-refractivity contribution in [2.24, 2.45) is 0 Å². The van der Waals surface area contributed by atoms with E-state index in [0.717, 1.165) is 22.2 Å². The Kier molecular flexibility index (Phi) is 3.72. The highest BCUT2D eigenvalue weighted by atomic mass is 16.6. The molecular formula is C19H17N3O3. The molecule has 0 saturated carbocycles. The fourth-order valence-electron chi connectivity index (χ4n) is 3.05. The van der Waals surface area contributed by atoms with Gasteiger partial charge in [-0.25, -0.2) is 4.79 Å². The molecule has 1 aliphatic rings. The number of rotatable bonds is 3. The third-order valence-corrected chi connectivity index (χ3v) is 4.33. The molecule has 1 fully saturated rings. The molecule has 25 heavy (non-hydrogen) atoms. The lowest BCUT2D eigenvalue weighted by Crippen LogP contribution is -2.23. The third-order valence-electron chi connectivity index (χ3n) is 4.33. The van der Waals surface area contributed by atoms with Gasteiger partial charge >= 0.3 is 6.09 Å². The number of aromatic nitrogens is 2. The molecule has 1 atom stereocenters. The van der Waals surface area contributed by atoms with Crippen LogP contribution in [0.5, 0.6) is 0 Å². The molecule has 0 radical (unpaired) electrons. The molecule has 0 unspecified atom stereocenters. The van der Waals surface area contributed by atoms with E-state index in [2.05, 4.69) is 9.97 Å². The van der Waals surface area contributed by atoms with Gasteiger partial charge in [0.05, 0.1) is 12.1 Å². The predicted octanol–water partition coefficient (Wildman–Crippen LogP) is 2.86. The number of hydrogen-bond acceptors (Lipinski definition) is 4. The van der Waals surface area contributed by atoms with E-state index in [1.54, 1.807) is 23.4 Å². The Morgan fingerprint density at radius 1 is 1.24 bits per heavy atom. The second kappa shape index (κ2) is 6.05. The van der Waals surface area contributed by atoms with Crippen LogP contribution in [0.4, 0.5) is 10.5 Å². The van der Waals surface area contributed by atoms with Gasteiger partial charge in [-0.15, -0.1) is 0 Å². The number of fused-ring (bicyclic) bond motifs is 1. The molecule has 6 nitrogen and oxygen atoms in total. The number of benzene rings is 1. The van der Waals surface area contributed by atoms with Crippen LogP contribution in [0.15, 0.2) is 53.6 Å². The zero-order chi connectivity index (χ0) is 17.4. The first-order valence-electron chi connectivity index (χ1n) is 8.13. The number of ether oxygens (including phenoxy) is 1. The summed E-state index contributed by atoms with van der Waals surface area (Å²) in [6.45, 7) is 2.42. The largest absolute Gasteiger partial charge is 0.444 e. The van der Waals surface area contributed by atoms with Gasteiger partial charge in [0.1, 0.15) is 6.10 Å². The number of cyclic esters (lactones) is 1. The molecule has 0 spiro atoms. The van der Waals surface area contributed by atoms with E-state index in [0.29, 0.717) is 18.5 Å². The van der Waals surface area contributed by atoms with Crippen molar-refractivity contribution in [2.45, 2.75) is 19.4 Å². The van der Waals surface area contributed by atoms with Crippen LogP contribution in [-0.2, 0) is 11.2 Å². The molecule has 4 rings (SSSR count). The molecule has 1 amide bonds. The van der Waals surface area contributed by atoms with Crippen LogP contribution in [0, 0.1) is 0 Å². The lowest BCUT2D eigenvalue weighted by atomic mass is 10.0. The number of hydrogen-bond donors (Lipinski definition) is 1. The molecule has 126 valence electrons. The van der Waals surface area contributed by atoms with E-state index in [9.17, 15) is 9.59 Å². The van der Waals surface area contributed by atoms with Crippen LogP contribution in [-0.4, -0.2) is 28.7 Å². The summed E-state index contributed by atoms with van der Waals surface area (Å²) in [4.78, 5) is 32.6. The summed E-state index contributed by atoms with van der Waals surface area (Å²) in [5.41, 5.74) is 3.16. The number of carbonyl (C=O) groups is 1. The number of H-pyrrole nitrogens is 1. The summed E-state index contributed by atoms with van der Waals surface area (Å²) in [5, 5.41) is 0.905. The number of nitrogens with zero attached hydrogens (tertiary/aromatic N) is 2. The van der Waals surface area contributed by atoms with E-state index in [4.69, 9.17) is 4.74 Å². The van der Waals surface area contributed by atoms with Crippen LogP contribution in [0.25, 0.3) is 10.9 Å². The zero-order valence-electron chi connectivity index (χ0n) is 13.7. The number of anilines is 1. The lowest BCUT2D eigenvalue weighted by Gasteiger charge is -2.13. The maximum Gasteiger partial charge on any atom is 0.414 e. The maximum absolute atomic E-state index is 12.2. The maximum atomic E-state index is 12.2. The van der Waals surface area contributed by atoms with E-state index in [1.165, 1.54) is 0 Å². The Balaban J connectivity index is 1.58. The molecule has 0 bridgehead atoms. The van der Waals surface area contributed by atoms with Crippen molar-refractivity contribution in [1.29, 1.82) is 0 Å². The smallest absolute Gasteiger partial charge is 0.414 e. The quantitative estimate of drug-likeness (QED) is 0.798. The Morgan fingerprint density at radius 3 is 2.76 bits per heavy atom. The fraction of sp³-hybridized carbons (Fsp3) is 0.211. The summed E-state index contributed by atoms with van der Waals surface area (Å²) >= 11 is 0. The van der Waals surface area contributed by atoms with Gasteiger partial charge in [0.2, 0.25) is 0 Å². The summed E-state index contributed by atoms with van der Waals surface area (Å²) in [5.74, 6) is 0. The molecule has 2 aromatic heterocycles.